The molecule has 2 saturated heterocycles. The molecule has 2 rings (SSSR count). The van der Waals surface area contributed by atoms with E-state index in [9.17, 15) is 9.90 Å². The summed E-state index contributed by atoms with van der Waals surface area (Å²) in [6.07, 6.45) is 6.56. The first-order valence-corrected chi connectivity index (χ1v) is 9.49. The summed E-state index contributed by atoms with van der Waals surface area (Å²) in [5, 5.41) is 12.7. The Hall–Kier alpha value is -0.810. The number of likely N-dealkylation sites (tertiary alicyclic amines) is 2. The van der Waals surface area contributed by atoms with E-state index < -0.39 is 0 Å². The first-order valence-electron chi connectivity index (χ1n) is 9.49. The number of rotatable bonds is 6. The van der Waals surface area contributed by atoms with Crippen LogP contribution in [-0.2, 0) is 0 Å². The Morgan fingerprint density at radius 2 is 1.96 bits per heavy atom. The molecule has 2 aliphatic heterocycles. The molecule has 2 N–H and O–H groups in total. The summed E-state index contributed by atoms with van der Waals surface area (Å²) < 4.78 is 0. The lowest BCUT2D eigenvalue weighted by molar-refractivity contribution is 0.0739. The lowest BCUT2D eigenvalue weighted by atomic mass is 9.94. The van der Waals surface area contributed by atoms with Crippen LogP contribution >= 0.6 is 0 Å². The number of nitrogens with one attached hydrogen (secondary N) is 1. The lowest BCUT2D eigenvalue weighted by Crippen LogP contribution is -2.47. The van der Waals surface area contributed by atoms with Crippen LogP contribution in [0.3, 0.4) is 0 Å². The topological polar surface area (TPSA) is 55.8 Å². The monoisotopic (exact) mass is 325 g/mol. The first-order chi connectivity index (χ1) is 11.1. The Morgan fingerprint density at radius 1 is 1.22 bits per heavy atom. The van der Waals surface area contributed by atoms with Gasteiger partial charge in [-0.15, -0.1) is 0 Å². The van der Waals surface area contributed by atoms with Gasteiger partial charge in [0.2, 0.25) is 0 Å². The van der Waals surface area contributed by atoms with Gasteiger partial charge in [0.15, 0.2) is 0 Å². The quantitative estimate of drug-likeness (QED) is 0.737. The van der Waals surface area contributed by atoms with Crippen LogP contribution < -0.4 is 5.32 Å². The number of aliphatic hydroxyl groups is 1. The number of piperidine rings is 2. The van der Waals surface area contributed by atoms with Crippen molar-refractivity contribution in [2.45, 2.75) is 58.5 Å². The average molecular weight is 325 g/mol. The molecule has 0 aromatic heterocycles. The van der Waals surface area contributed by atoms with Gasteiger partial charge in [-0.3, -0.25) is 0 Å². The molecule has 0 aliphatic carbocycles. The van der Waals surface area contributed by atoms with E-state index in [1.54, 1.807) is 0 Å². The third-order valence-corrected chi connectivity index (χ3v) is 5.48. The summed E-state index contributed by atoms with van der Waals surface area (Å²) in [5.74, 6) is 1.12. The number of carbonyl (C=O) groups is 1. The number of nitrogens with zero attached hydrogens (tertiary/aromatic N) is 2. The van der Waals surface area contributed by atoms with E-state index >= 15 is 0 Å². The molecular formula is C18H35N3O2. The number of hydrogen-bond acceptors (Lipinski definition) is 3. The van der Waals surface area contributed by atoms with Crippen molar-refractivity contribution in [2.24, 2.45) is 11.8 Å². The van der Waals surface area contributed by atoms with Crippen molar-refractivity contribution in [2.75, 3.05) is 39.3 Å². The minimum absolute atomic E-state index is 0.0437. The fourth-order valence-electron chi connectivity index (χ4n) is 3.64. The molecule has 2 aliphatic rings. The zero-order valence-corrected chi connectivity index (χ0v) is 15.0. The van der Waals surface area contributed by atoms with Crippen molar-refractivity contribution in [1.82, 2.24) is 15.1 Å². The molecule has 2 fully saturated rings. The fourth-order valence-corrected chi connectivity index (χ4v) is 3.64. The van der Waals surface area contributed by atoms with Gasteiger partial charge >= 0.3 is 6.03 Å². The maximum atomic E-state index is 12.2. The highest BCUT2D eigenvalue weighted by Gasteiger charge is 2.26. The van der Waals surface area contributed by atoms with Crippen molar-refractivity contribution < 1.29 is 9.90 Å². The Morgan fingerprint density at radius 3 is 2.65 bits per heavy atom. The molecule has 0 bridgehead atoms. The van der Waals surface area contributed by atoms with Gasteiger partial charge in [0.25, 0.3) is 0 Å². The molecule has 5 heteroatoms. The Balaban J connectivity index is 1.54. The minimum atomic E-state index is -0.321. The molecule has 0 spiro atoms. The van der Waals surface area contributed by atoms with Gasteiger partial charge in [-0.1, -0.05) is 6.92 Å². The van der Waals surface area contributed by atoms with E-state index in [0.717, 1.165) is 51.2 Å². The highest BCUT2D eigenvalue weighted by Crippen LogP contribution is 2.19. The van der Waals surface area contributed by atoms with E-state index in [4.69, 9.17) is 0 Å². The van der Waals surface area contributed by atoms with Crippen molar-refractivity contribution >= 4 is 6.03 Å². The van der Waals surface area contributed by atoms with Crippen LogP contribution in [0.25, 0.3) is 0 Å². The van der Waals surface area contributed by atoms with Gasteiger partial charge in [-0.05, 0) is 71.0 Å². The molecule has 2 atom stereocenters. The molecule has 134 valence electrons. The molecule has 2 heterocycles. The Labute approximate surface area is 141 Å². The summed E-state index contributed by atoms with van der Waals surface area (Å²) in [6.45, 7) is 10.1. The molecule has 0 radical (unpaired) electrons. The van der Waals surface area contributed by atoms with E-state index in [1.807, 2.05) is 11.8 Å². The van der Waals surface area contributed by atoms with Crippen LogP contribution in [0.2, 0.25) is 0 Å². The number of unbranched alkanes of at least 4 members (excludes halogenated alkanes) is 1. The smallest absolute Gasteiger partial charge is 0.317 e. The van der Waals surface area contributed by atoms with Gasteiger partial charge in [0, 0.05) is 25.6 Å². The highest BCUT2D eigenvalue weighted by atomic mass is 16.3. The van der Waals surface area contributed by atoms with Crippen LogP contribution in [0.4, 0.5) is 4.79 Å². The molecule has 0 aromatic rings. The van der Waals surface area contributed by atoms with Crippen LogP contribution in [-0.4, -0.2) is 66.3 Å². The summed E-state index contributed by atoms with van der Waals surface area (Å²) in [4.78, 5) is 16.6. The number of amides is 2. The zero-order chi connectivity index (χ0) is 16.7. The van der Waals surface area contributed by atoms with Gasteiger partial charge in [0.1, 0.15) is 0 Å². The molecule has 0 aromatic carbocycles. The van der Waals surface area contributed by atoms with Crippen LogP contribution in [0.5, 0.6) is 0 Å². The maximum Gasteiger partial charge on any atom is 0.317 e. The second-order valence-corrected chi connectivity index (χ2v) is 7.55. The van der Waals surface area contributed by atoms with Crippen molar-refractivity contribution in [3.05, 3.63) is 0 Å². The number of aliphatic hydroxyl groups excluding tert-OH is 1. The predicted octanol–water partition coefficient (Wildman–Crippen LogP) is 2.30. The number of carbonyl (C=O) groups excluding carboxylic acids is 1. The second-order valence-electron chi connectivity index (χ2n) is 7.55. The normalized spacial score (nSPS) is 25.3. The highest BCUT2D eigenvalue weighted by molar-refractivity contribution is 5.74. The van der Waals surface area contributed by atoms with Gasteiger partial charge in [0.05, 0.1) is 6.10 Å². The molecule has 23 heavy (non-hydrogen) atoms. The Bertz CT molecular complexity index is 354. The fraction of sp³-hybridized carbons (Fsp3) is 0.944. The van der Waals surface area contributed by atoms with E-state index in [0.29, 0.717) is 6.54 Å². The third kappa shape index (κ3) is 6.30. The standard InChI is InChI=1S/C18H35N3O2/c1-15-7-12-20(13-8-15)10-4-3-9-19-18(23)21-11-5-6-17(14-21)16(2)22/h15-17,22H,3-14H2,1-2H3,(H,19,23). The number of urea groups is 1. The molecule has 2 amide bonds. The van der Waals surface area contributed by atoms with E-state index in [1.165, 1.54) is 25.9 Å². The number of hydrogen-bond donors (Lipinski definition) is 2. The first kappa shape index (κ1) is 18.5. The second kappa shape index (κ2) is 9.48. The molecular weight excluding hydrogens is 290 g/mol. The molecule has 2 unspecified atom stereocenters. The molecule has 0 saturated carbocycles. The zero-order valence-electron chi connectivity index (χ0n) is 15.0. The summed E-state index contributed by atoms with van der Waals surface area (Å²) >= 11 is 0. The van der Waals surface area contributed by atoms with Crippen LogP contribution in [0.1, 0.15) is 52.4 Å². The predicted molar refractivity (Wildman–Crippen MR) is 93.4 cm³/mol. The van der Waals surface area contributed by atoms with Crippen LogP contribution in [0.15, 0.2) is 0 Å². The van der Waals surface area contributed by atoms with E-state index in [2.05, 4.69) is 17.1 Å². The maximum absolute atomic E-state index is 12.2. The van der Waals surface area contributed by atoms with Gasteiger partial charge in [-0.2, -0.15) is 0 Å². The van der Waals surface area contributed by atoms with Crippen LogP contribution in [0, 0.1) is 11.8 Å². The van der Waals surface area contributed by atoms with Gasteiger partial charge in [-0.25, -0.2) is 4.79 Å². The van der Waals surface area contributed by atoms with Crippen molar-refractivity contribution in [3.8, 4) is 0 Å². The summed E-state index contributed by atoms with van der Waals surface area (Å²) in [7, 11) is 0. The summed E-state index contributed by atoms with van der Waals surface area (Å²) in [6, 6.07) is 0.0437. The van der Waals surface area contributed by atoms with Crippen molar-refractivity contribution in [3.63, 3.8) is 0 Å². The SMILES string of the molecule is CC1CCN(CCCCNC(=O)N2CCCC(C(C)O)C2)CC1. The third-order valence-electron chi connectivity index (χ3n) is 5.48. The Kier molecular flexibility index (Phi) is 7.63. The molecule has 5 nitrogen and oxygen atoms in total. The average Bonchev–Trinajstić information content (AvgIpc) is 2.56. The van der Waals surface area contributed by atoms with Crippen molar-refractivity contribution in [1.29, 1.82) is 0 Å². The van der Waals surface area contributed by atoms with Gasteiger partial charge < -0.3 is 20.2 Å². The lowest BCUT2D eigenvalue weighted by Gasteiger charge is -2.34. The van der Waals surface area contributed by atoms with E-state index in [-0.39, 0.29) is 18.1 Å². The summed E-state index contributed by atoms with van der Waals surface area (Å²) in [5.41, 5.74) is 0. The largest absolute Gasteiger partial charge is 0.393 e. The minimum Gasteiger partial charge on any atom is -0.393 e.